The Kier molecular flexibility index (Phi) is 26.8. The molecule has 0 saturated carbocycles. The molecule has 1 aromatic rings. The van der Waals surface area contributed by atoms with Crippen LogP contribution in [-0.4, -0.2) is 166 Å². The number of carbonyl (C=O) groups excluding carboxylic acids is 3. The van der Waals surface area contributed by atoms with Crippen molar-refractivity contribution in [3.63, 3.8) is 0 Å². The number of ether oxygens (including phenoxy) is 5. The molecular formula is C34H54N9O25P3. The van der Waals surface area contributed by atoms with E-state index < -0.39 is 127 Å². The summed E-state index contributed by atoms with van der Waals surface area (Å²) in [6.07, 6.45) is -6.10. The Morgan fingerprint density at radius 3 is 2.25 bits per heavy atom. The molecule has 1 saturated heterocycles. The average molecular weight is 1080 g/mol. The van der Waals surface area contributed by atoms with Crippen LogP contribution in [0.25, 0.3) is 10.4 Å². The molecule has 71 heavy (non-hydrogen) atoms. The Morgan fingerprint density at radius 2 is 1.62 bits per heavy atom. The molecule has 0 aromatic carbocycles. The van der Waals surface area contributed by atoms with Crippen molar-refractivity contribution < 1.29 is 109 Å². The summed E-state index contributed by atoms with van der Waals surface area (Å²) in [7, 11) is -15.8. The SMILES string of the molecule is CCC(NC(=O)C(CC(=O)O)NC(=O)C(CCCCN)NC(=O)OCCOCCOCC(N=[N+]=[N-])OCC#Cc1cn(C2CC(O)C(COP(=O)(O)OP(=O)(O)OP(=O)(O)OC)O2)c(=O)[nH]c1=O)C(=O)O. The molecule has 2 heterocycles. The van der Waals surface area contributed by atoms with Gasteiger partial charge in [0.05, 0.1) is 45.6 Å². The lowest BCUT2D eigenvalue weighted by molar-refractivity contribution is -0.143. The maximum absolute atomic E-state index is 13.1. The Bertz CT molecular complexity index is 2360. The third kappa shape index (κ3) is 23.8. The van der Waals surface area contributed by atoms with Gasteiger partial charge < -0.3 is 75.4 Å². The number of rotatable bonds is 33. The highest BCUT2D eigenvalue weighted by Crippen LogP contribution is 2.67. The molecule has 0 bridgehead atoms. The lowest BCUT2D eigenvalue weighted by Gasteiger charge is -2.23. The summed E-state index contributed by atoms with van der Waals surface area (Å²) in [5.74, 6) is 0.0795. The number of aliphatic hydroxyl groups excluding tert-OH is 1. The van der Waals surface area contributed by atoms with Crippen LogP contribution in [0.4, 0.5) is 4.79 Å². The molecular weight excluding hydrogens is 1030 g/mol. The molecule has 1 fully saturated rings. The summed E-state index contributed by atoms with van der Waals surface area (Å²) in [6.45, 7) is -0.650. The summed E-state index contributed by atoms with van der Waals surface area (Å²) < 4.78 is 78.9. The van der Waals surface area contributed by atoms with Crippen molar-refractivity contribution in [3.8, 4) is 11.8 Å². The molecule has 10 atom stereocenters. The molecule has 2 rings (SSSR count). The van der Waals surface area contributed by atoms with Gasteiger partial charge in [-0.15, -0.1) is 0 Å². The standard InChI is InChI=1S/C34H54N9O25P3/c1-3-21(32(50)51)37-31(49)23(15-28(45)46)38-30(48)22(8-4-5-9-35)39-34(53)64-14-13-61-11-12-62-19-26(41-42-36)63-10-6-7-20-17-43(33(52)40-29(20)47)27-16-24(44)25(66-27)18-65-70(56,57)68-71(58,59)67-69(54,55)60-2/h17,21-27,44H,3-5,8-16,18-19,35H2,1-2H3,(H,37,49)(H,38,48)(H,39,53)(H,45,46)(H,50,51)(H,54,55)(H,56,57)(H,58,59)(H,40,47,52). The van der Waals surface area contributed by atoms with Crippen LogP contribution in [0.5, 0.6) is 0 Å². The van der Waals surface area contributed by atoms with Gasteiger partial charge >= 0.3 is 47.2 Å². The number of unbranched alkanes of at least 4 members (excludes halogenated alkanes) is 1. The second kappa shape index (κ2) is 30.7. The monoisotopic (exact) mass is 1080 g/mol. The van der Waals surface area contributed by atoms with E-state index in [1.54, 1.807) is 0 Å². The number of aliphatic hydroxyl groups is 1. The lowest BCUT2D eigenvalue weighted by atomic mass is 10.1. The summed E-state index contributed by atoms with van der Waals surface area (Å²) in [5.41, 5.74) is 12.2. The molecule has 1 aliphatic heterocycles. The van der Waals surface area contributed by atoms with Crippen LogP contribution < -0.4 is 32.9 Å². The van der Waals surface area contributed by atoms with Crippen molar-refractivity contribution in [2.24, 2.45) is 10.8 Å². The molecule has 0 radical (unpaired) electrons. The number of aromatic nitrogens is 2. The van der Waals surface area contributed by atoms with E-state index in [2.05, 4.69) is 55.5 Å². The number of aliphatic carboxylic acids is 2. The van der Waals surface area contributed by atoms with Crippen molar-refractivity contribution >= 4 is 53.3 Å². The van der Waals surface area contributed by atoms with Gasteiger partial charge in [0.15, 0.2) is 6.23 Å². The minimum absolute atomic E-state index is 0.0176. The number of azide groups is 1. The van der Waals surface area contributed by atoms with E-state index in [1.807, 2.05) is 4.98 Å². The molecule has 34 nitrogen and oxygen atoms in total. The molecule has 37 heteroatoms. The number of alkyl carbamates (subject to hydrolysis) is 1. The van der Waals surface area contributed by atoms with Crippen LogP contribution in [0, 0.1) is 11.8 Å². The first-order valence-corrected chi connectivity index (χ1v) is 25.1. The number of nitrogens with two attached hydrogens (primary N) is 1. The Morgan fingerprint density at radius 1 is 0.972 bits per heavy atom. The number of carboxylic acid groups (broad SMARTS) is 2. The van der Waals surface area contributed by atoms with Crippen molar-refractivity contribution in [1.82, 2.24) is 25.5 Å². The number of carbonyl (C=O) groups is 5. The van der Waals surface area contributed by atoms with E-state index in [4.69, 9.17) is 39.8 Å². The van der Waals surface area contributed by atoms with Crippen LogP contribution in [0.2, 0.25) is 0 Å². The van der Waals surface area contributed by atoms with Gasteiger partial charge in [-0.25, -0.2) is 28.1 Å². The van der Waals surface area contributed by atoms with Crippen LogP contribution >= 0.6 is 23.5 Å². The number of nitrogens with one attached hydrogen (secondary N) is 4. The highest BCUT2D eigenvalue weighted by atomic mass is 31.3. The van der Waals surface area contributed by atoms with Crippen molar-refractivity contribution in [2.45, 2.75) is 88.2 Å². The number of phosphoric acid groups is 3. The van der Waals surface area contributed by atoms with Gasteiger partial charge in [-0.3, -0.25) is 37.8 Å². The highest BCUT2D eigenvalue weighted by Gasteiger charge is 2.44. The minimum atomic E-state index is -5.72. The van der Waals surface area contributed by atoms with Crippen LogP contribution in [-0.2, 0) is 74.2 Å². The van der Waals surface area contributed by atoms with Gasteiger partial charge in [0.2, 0.25) is 11.8 Å². The van der Waals surface area contributed by atoms with E-state index in [-0.39, 0.29) is 64.4 Å². The van der Waals surface area contributed by atoms with Crippen LogP contribution in [0.3, 0.4) is 0 Å². The number of hydrogen-bond donors (Lipinski definition) is 11. The summed E-state index contributed by atoms with van der Waals surface area (Å²) in [6, 6.07) is -4.32. The van der Waals surface area contributed by atoms with Gasteiger partial charge in [-0.2, -0.15) is 8.62 Å². The Hall–Kier alpha value is -5.13. The first-order valence-electron chi connectivity index (χ1n) is 20.7. The third-order valence-electron chi connectivity index (χ3n) is 8.96. The number of nitrogens with zero attached hydrogens (tertiary/aromatic N) is 4. The van der Waals surface area contributed by atoms with Gasteiger partial charge in [0.25, 0.3) is 5.56 Å². The zero-order chi connectivity index (χ0) is 53.4. The van der Waals surface area contributed by atoms with Crippen LogP contribution in [0.15, 0.2) is 20.9 Å². The fourth-order valence-corrected chi connectivity index (χ4v) is 8.84. The molecule has 10 unspecified atom stereocenters. The maximum Gasteiger partial charge on any atom is 0.490 e. The predicted molar refractivity (Wildman–Crippen MR) is 233 cm³/mol. The number of H-pyrrole nitrogens is 1. The quantitative estimate of drug-likeness (QED) is 0.00941. The molecule has 12 N–H and O–H groups in total. The Labute approximate surface area is 401 Å². The molecule has 0 aliphatic carbocycles. The van der Waals surface area contributed by atoms with Crippen LogP contribution in [0.1, 0.15) is 57.2 Å². The topological polar surface area (TPSA) is 507 Å². The number of carboxylic acids is 2. The zero-order valence-corrected chi connectivity index (χ0v) is 40.3. The second-order valence-electron chi connectivity index (χ2n) is 14.2. The first-order chi connectivity index (χ1) is 33.4. The number of phosphoric ester groups is 2. The van der Waals surface area contributed by atoms with E-state index in [1.165, 1.54) is 6.92 Å². The number of aromatic amines is 1. The maximum atomic E-state index is 13.1. The van der Waals surface area contributed by atoms with Gasteiger partial charge in [0.1, 0.15) is 49.2 Å². The number of hydrogen-bond acceptors (Lipinski definition) is 22. The normalized spacial score (nSPS) is 19.6. The van der Waals surface area contributed by atoms with Gasteiger partial charge in [-0.1, -0.05) is 23.9 Å². The highest BCUT2D eigenvalue weighted by molar-refractivity contribution is 7.66. The summed E-state index contributed by atoms with van der Waals surface area (Å²) in [4.78, 5) is 119. The van der Waals surface area contributed by atoms with Crippen molar-refractivity contribution in [3.05, 3.63) is 43.0 Å². The number of amides is 3. The smallest absolute Gasteiger partial charge is 0.481 e. The van der Waals surface area contributed by atoms with Crippen molar-refractivity contribution in [2.75, 3.05) is 59.9 Å². The van der Waals surface area contributed by atoms with E-state index >= 15 is 0 Å². The van der Waals surface area contributed by atoms with E-state index in [0.29, 0.717) is 20.0 Å². The largest absolute Gasteiger partial charge is 0.490 e. The third-order valence-corrected chi connectivity index (χ3v) is 13.2. The molecule has 1 aromatic heterocycles. The predicted octanol–water partition coefficient (Wildman–Crippen LogP) is -1.62. The molecule has 3 amide bonds. The second-order valence-corrected chi connectivity index (χ2v) is 19.0. The van der Waals surface area contributed by atoms with Gasteiger partial charge in [-0.05, 0) is 37.8 Å². The Balaban J connectivity index is 1.85. The first kappa shape index (κ1) is 62.0. The fourth-order valence-electron chi connectivity index (χ4n) is 5.58. The minimum Gasteiger partial charge on any atom is -0.481 e. The lowest BCUT2D eigenvalue weighted by Crippen LogP contribution is -2.56. The summed E-state index contributed by atoms with van der Waals surface area (Å²) in [5, 5.41) is 39.1. The van der Waals surface area contributed by atoms with E-state index in [9.17, 15) is 72.4 Å². The summed E-state index contributed by atoms with van der Waals surface area (Å²) >= 11 is 0. The molecule has 400 valence electrons. The van der Waals surface area contributed by atoms with E-state index in [0.717, 1.165) is 10.8 Å². The van der Waals surface area contributed by atoms with Crippen molar-refractivity contribution in [1.29, 1.82) is 0 Å². The average Bonchev–Trinajstić information content (AvgIpc) is 3.65. The molecule has 0 spiro atoms. The van der Waals surface area contributed by atoms with Gasteiger partial charge in [0, 0.05) is 24.6 Å². The fraction of sp³-hybridized carbons (Fsp3) is 0.676. The molecule has 1 aliphatic rings. The zero-order valence-electron chi connectivity index (χ0n) is 37.7.